The number of unbranched alkanes of at least 4 members (excludes halogenated alkanes) is 16. The maximum Gasteiger partial charge on any atom is 0.0736 e. The van der Waals surface area contributed by atoms with Gasteiger partial charge < -0.3 is 0 Å². The lowest BCUT2D eigenvalue weighted by Crippen LogP contribution is -2.02. The smallest absolute Gasteiger partial charge is 0.0736 e. The van der Waals surface area contributed by atoms with E-state index in [2.05, 4.69) is 75.1 Å². The lowest BCUT2D eigenvalue weighted by molar-refractivity contribution is 0.679. The molecule has 0 atom stereocenters. The first-order valence-electron chi connectivity index (χ1n) is 17.2. The van der Waals surface area contributed by atoms with Crippen LogP contribution in [-0.4, -0.2) is 0 Å². The summed E-state index contributed by atoms with van der Waals surface area (Å²) < 4.78 is 0. The predicted octanol–water partition coefficient (Wildman–Crippen LogP) is 12.0. The Labute approximate surface area is 251 Å². The highest BCUT2D eigenvalue weighted by Gasteiger charge is 2.15. The molecule has 220 valence electrons. The van der Waals surface area contributed by atoms with Gasteiger partial charge in [0, 0.05) is 25.7 Å². The number of hydrogen-bond donors (Lipinski definition) is 0. The van der Waals surface area contributed by atoms with E-state index < -0.39 is 0 Å². The Kier molecular flexibility index (Phi) is 24.1. The molecular formula is C40H60. The fourth-order valence-electron chi connectivity index (χ4n) is 4.93. The van der Waals surface area contributed by atoms with Gasteiger partial charge >= 0.3 is 0 Å². The largest absolute Gasteiger partial charge is 0.0972 e. The Hall–Kier alpha value is -2.28. The molecule has 0 aromatic heterocycles. The third-order valence-corrected chi connectivity index (χ3v) is 7.64. The lowest BCUT2D eigenvalue weighted by Gasteiger charge is -2.18. The normalized spacial score (nSPS) is 12.2. The average molecular weight is 541 g/mol. The van der Waals surface area contributed by atoms with Gasteiger partial charge in [0.2, 0.25) is 0 Å². The highest BCUT2D eigenvalue weighted by molar-refractivity contribution is 5.52. The number of allylic oxidation sites excluding steroid dienone is 4. The highest BCUT2D eigenvalue weighted by Crippen LogP contribution is 2.31. The van der Waals surface area contributed by atoms with Crippen molar-refractivity contribution >= 4 is 0 Å². The van der Waals surface area contributed by atoms with Gasteiger partial charge in [-0.3, -0.25) is 0 Å². The van der Waals surface area contributed by atoms with Crippen LogP contribution < -0.4 is 0 Å². The van der Waals surface area contributed by atoms with Crippen molar-refractivity contribution in [2.45, 2.75) is 182 Å². The standard InChI is InChI=1S/C40H60/c1-5-9-13-17-21-25-29-37(30-26-22-18-14-10-6-2)39-33-35-40(36-34-39)38(31-27-23-19-15-11-7-3)32-28-24-20-16-12-8-4/h5-24,33-36H2,1-4H3. The van der Waals surface area contributed by atoms with Crippen LogP contribution in [0, 0.1) is 47.4 Å². The molecular weight excluding hydrogens is 480 g/mol. The average Bonchev–Trinajstić information content (AvgIpc) is 2.98. The van der Waals surface area contributed by atoms with E-state index in [0.29, 0.717) is 0 Å². The van der Waals surface area contributed by atoms with E-state index in [1.54, 1.807) is 0 Å². The van der Waals surface area contributed by atoms with Crippen molar-refractivity contribution in [3.8, 4) is 47.4 Å². The molecule has 0 spiro atoms. The Morgan fingerprint density at radius 1 is 0.375 bits per heavy atom. The molecule has 0 unspecified atom stereocenters. The second-order valence-electron chi connectivity index (χ2n) is 11.4. The maximum absolute atomic E-state index is 3.51. The minimum absolute atomic E-state index is 0.992. The molecule has 1 rings (SSSR count). The van der Waals surface area contributed by atoms with Crippen LogP contribution in [0.1, 0.15) is 182 Å². The van der Waals surface area contributed by atoms with Gasteiger partial charge in [-0.15, -0.1) is 0 Å². The first-order valence-corrected chi connectivity index (χ1v) is 17.2. The van der Waals surface area contributed by atoms with E-state index in [4.69, 9.17) is 0 Å². The van der Waals surface area contributed by atoms with E-state index in [9.17, 15) is 0 Å². The Morgan fingerprint density at radius 2 is 0.625 bits per heavy atom. The highest BCUT2D eigenvalue weighted by atomic mass is 14.2. The van der Waals surface area contributed by atoms with Crippen LogP contribution in [0.2, 0.25) is 0 Å². The minimum Gasteiger partial charge on any atom is -0.0972 e. The topological polar surface area (TPSA) is 0 Å². The van der Waals surface area contributed by atoms with Crippen LogP contribution in [0.3, 0.4) is 0 Å². The Balaban J connectivity index is 3.00. The number of hydrogen-bond acceptors (Lipinski definition) is 0. The van der Waals surface area contributed by atoms with E-state index >= 15 is 0 Å². The summed E-state index contributed by atoms with van der Waals surface area (Å²) in [5.41, 5.74) is 5.17. The van der Waals surface area contributed by atoms with Crippen molar-refractivity contribution in [3.05, 3.63) is 22.3 Å². The molecule has 0 heterocycles. The summed E-state index contributed by atoms with van der Waals surface area (Å²) in [5, 5.41) is 0. The van der Waals surface area contributed by atoms with Crippen LogP contribution in [0.4, 0.5) is 0 Å². The van der Waals surface area contributed by atoms with E-state index in [-0.39, 0.29) is 0 Å². The molecule has 0 nitrogen and oxygen atoms in total. The quantitative estimate of drug-likeness (QED) is 0.135. The summed E-state index contributed by atoms with van der Waals surface area (Å²) in [6, 6.07) is 0. The fourth-order valence-corrected chi connectivity index (χ4v) is 4.93. The molecule has 1 fully saturated rings. The Bertz CT molecular complexity index is 812. The molecule has 0 aromatic carbocycles. The maximum atomic E-state index is 3.51. The molecule has 0 N–H and O–H groups in total. The summed E-state index contributed by atoms with van der Waals surface area (Å²) in [6.07, 6.45) is 28.5. The van der Waals surface area contributed by atoms with Crippen LogP contribution in [0.15, 0.2) is 22.3 Å². The van der Waals surface area contributed by atoms with Crippen molar-refractivity contribution in [2.24, 2.45) is 0 Å². The van der Waals surface area contributed by atoms with Gasteiger partial charge in [-0.1, -0.05) is 152 Å². The van der Waals surface area contributed by atoms with Crippen molar-refractivity contribution in [3.63, 3.8) is 0 Å². The monoisotopic (exact) mass is 540 g/mol. The molecule has 0 bridgehead atoms. The van der Waals surface area contributed by atoms with Gasteiger partial charge in [-0.2, -0.15) is 0 Å². The van der Waals surface area contributed by atoms with Crippen LogP contribution in [0.5, 0.6) is 0 Å². The molecule has 0 aromatic rings. The summed E-state index contributed by atoms with van der Waals surface area (Å²) in [4.78, 5) is 0. The third kappa shape index (κ3) is 18.9. The second kappa shape index (κ2) is 26.9. The molecule has 0 radical (unpaired) electrons. The molecule has 0 saturated heterocycles. The molecule has 1 saturated carbocycles. The van der Waals surface area contributed by atoms with Gasteiger partial charge in [0.05, 0.1) is 11.1 Å². The summed E-state index contributed by atoms with van der Waals surface area (Å²) in [7, 11) is 0. The summed E-state index contributed by atoms with van der Waals surface area (Å²) >= 11 is 0. The first kappa shape index (κ1) is 35.7. The van der Waals surface area contributed by atoms with Crippen LogP contribution in [-0.2, 0) is 0 Å². The molecule has 1 aliphatic carbocycles. The van der Waals surface area contributed by atoms with Gasteiger partial charge in [-0.05, 0) is 62.5 Å². The fraction of sp³-hybridized carbons (Fsp3) is 0.700. The van der Waals surface area contributed by atoms with Crippen LogP contribution in [0.25, 0.3) is 0 Å². The van der Waals surface area contributed by atoms with Gasteiger partial charge in [0.15, 0.2) is 0 Å². The van der Waals surface area contributed by atoms with Gasteiger partial charge in [-0.25, -0.2) is 0 Å². The zero-order chi connectivity index (χ0) is 28.9. The van der Waals surface area contributed by atoms with Crippen molar-refractivity contribution in [1.29, 1.82) is 0 Å². The lowest BCUT2D eigenvalue weighted by atomic mass is 9.85. The van der Waals surface area contributed by atoms with E-state index in [1.165, 1.54) is 114 Å². The van der Waals surface area contributed by atoms with Crippen molar-refractivity contribution < 1.29 is 0 Å². The summed E-state index contributed by atoms with van der Waals surface area (Å²) in [6.45, 7) is 9.06. The molecule has 40 heavy (non-hydrogen) atoms. The Morgan fingerprint density at radius 3 is 0.850 bits per heavy atom. The SMILES string of the molecule is CCCCCCC#CC(C#CCCCCCC)=C1CCC(=C(C#CCCCCCC)C#CCCCCCC)CC1. The van der Waals surface area contributed by atoms with E-state index in [0.717, 1.165) is 62.5 Å². The summed E-state index contributed by atoms with van der Waals surface area (Å²) in [5.74, 6) is 27.9. The van der Waals surface area contributed by atoms with Gasteiger partial charge in [0.25, 0.3) is 0 Å². The van der Waals surface area contributed by atoms with E-state index in [1.807, 2.05) is 0 Å². The molecule has 0 amide bonds. The second-order valence-corrected chi connectivity index (χ2v) is 11.4. The minimum atomic E-state index is 0.992. The third-order valence-electron chi connectivity index (χ3n) is 7.64. The zero-order valence-corrected chi connectivity index (χ0v) is 27.0. The van der Waals surface area contributed by atoms with Gasteiger partial charge in [0.1, 0.15) is 0 Å². The molecule has 0 heteroatoms. The van der Waals surface area contributed by atoms with Crippen molar-refractivity contribution in [1.82, 2.24) is 0 Å². The predicted molar refractivity (Wildman–Crippen MR) is 179 cm³/mol. The zero-order valence-electron chi connectivity index (χ0n) is 27.0. The first-order chi connectivity index (χ1) is 19.8. The van der Waals surface area contributed by atoms with Crippen LogP contribution >= 0.6 is 0 Å². The molecule has 0 aliphatic heterocycles. The van der Waals surface area contributed by atoms with Crippen molar-refractivity contribution in [2.75, 3.05) is 0 Å². The molecule has 1 aliphatic rings. The number of rotatable bonds is 16.